The van der Waals surface area contributed by atoms with E-state index >= 15 is 0 Å². The van der Waals surface area contributed by atoms with Crippen LogP contribution in [0, 0.1) is 6.92 Å². The van der Waals surface area contributed by atoms with Gasteiger partial charge in [0.2, 0.25) is 0 Å². The van der Waals surface area contributed by atoms with Crippen molar-refractivity contribution < 1.29 is 0 Å². The quantitative estimate of drug-likeness (QED) is 0.802. The van der Waals surface area contributed by atoms with Gasteiger partial charge in [0.05, 0.1) is 0 Å². The van der Waals surface area contributed by atoms with E-state index in [0.717, 1.165) is 5.82 Å². The van der Waals surface area contributed by atoms with E-state index in [9.17, 15) is 0 Å². The van der Waals surface area contributed by atoms with Crippen LogP contribution in [-0.4, -0.2) is 15.8 Å². The van der Waals surface area contributed by atoms with Gasteiger partial charge in [-0.3, -0.25) is 0 Å². The van der Waals surface area contributed by atoms with Gasteiger partial charge >= 0.3 is 0 Å². The molecule has 1 heterocycles. The highest BCUT2D eigenvalue weighted by Gasteiger charge is 2.13. The highest BCUT2D eigenvalue weighted by Crippen LogP contribution is 2.32. The lowest BCUT2D eigenvalue weighted by atomic mass is 10.2. The maximum Gasteiger partial charge on any atom is 0.129 e. The summed E-state index contributed by atoms with van der Waals surface area (Å²) in [4.78, 5) is 5.71. The second-order valence-corrected chi connectivity index (χ2v) is 7.25. The number of aromatic nitrogens is 1. The Labute approximate surface area is 103 Å². The minimum absolute atomic E-state index is 0.237. The van der Waals surface area contributed by atoms with Crippen molar-refractivity contribution in [1.82, 2.24) is 4.98 Å². The molecule has 16 heavy (non-hydrogen) atoms. The van der Waals surface area contributed by atoms with Crippen LogP contribution in [0.3, 0.4) is 0 Å². The van der Waals surface area contributed by atoms with Crippen molar-refractivity contribution in [3.63, 3.8) is 0 Å². The molecule has 0 amide bonds. The average molecular weight is 238 g/mol. The Bertz CT molecular complexity index is 353. The second-order valence-electron chi connectivity index (χ2n) is 5.35. The first kappa shape index (κ1) is 13.4. The van der Waals surface area contributed by atoms with Gasteiger partial charge in [0.25, 0.3) is 0 Å². The molecule has 0 spiro atoms. The number of hydrogen-bond acceptors (Lipinski definition) is 3. The standard InChI is InChI=1S/C13H22N2S/c1-9(2)15-12-10(3)7-11(8-14-12)16-13(4,5)6/h7-9H,1-6H3,(H,14,15). The van der Waals surface area contributed by atoms with Gasteiger partial charge in [-0.05, 0) is 32.4 Å². The van der Waals surface area contributed by atoms with Crippen LogP contribution in [0.25, 0.3) is 0 Å². The number of aryl methyl sites for hydroxylation is 1. The van der Waals surface area contributed by atoms with Crippen LogP contribution in [0.4, 0.5) is 5.82 Å². The zero-order chi connectivity index (χ0) is 12.3. The Morgan fingerprint density at radius 2 is 1.94 bits per heavy atom. The molecular weight excluding hydrogens is 216 g/mol. The van der Waals surface area contributed by atoms with E-state index in [1.165, 1.54) is 10.5 Å². The van der Waals surface area contributed by atoms with Crippen molar-refractivity contribution in [3.8, 4) is 0 Å². The summed E-state index contributed by atoms with van der Waals surface area (Å²) in [6.45, 7) is 13.0. The molecule has 0 bridgehead atoms. The lowest BCUT2D eigenvalue weighted by Crippen LogP contribution is -2.12. The minimum atomic E-state index is 0.237. The first-order chi connectivity index (χ1) is 7.28. The van der Waals surface area contributed by atoms with E-state index in [-0.39, 0.29) is 4.75 Å². The van der Waals surface area contributed by atoms with Gasteiger partial charge in [0.15, 0.2) is 0 Å². The SMILES string of the molecule is Cc1cc(SC(C)(C)C)cnc1NC(C)C. The Morgan fingerprint density at radius 1 is 1.31 bits per heavy atom. The molecular formula is C13H22N2S. The molecule has 0 unspecified atom stereocenters. The predicted octanol–water partition coefficient (Wildman–Crippen LogP) is 4.10. The van der Waals surface area contributed by atoms with Crippen molar-refractivity contribution in [3.05, 3.63) is 17.8 Å². The summed E-state index contributed by atoms with van der Waals surface area (Å²) in [5.41, 5.74) is 1.21. The largest absolute Gasteiger partial charge is 0.368 e. The maximum absolute atomic E-state index is 4.47. The number of nitrogens with one attached hydrogen (secondary N) is 1. The summed E-state index contributed by atoms with van der Waals surface area (Å²) < 4.78 is 0.237. The number of pyridine rings is 1. The van der Waals surface area contributed by atoms with E-state index in [4.69, 9.17) is 0 Å². The van der Waals surface area contributed by atoms with Crippen LogP contribution in [0.15, 0.2) is 17.2 Å². The van der Waals surface area contributed by atoms with E-state index < -0.39 is 0 Å². The molecule has 90 valence electrons. The zero-order valence-corrected chi connectivity index (χ0v) is 11.9. The number of nitrogens with zero attached hydrogens (tertiary/aromatic N) is 1. The van der Waals surface area contributed by atoms with Crippen molar-refractivity contribution in [2.75, 3.05) is 5.32 Å². The molecule has 1 N–H and O–H groups in total. The predicted molar refractivity (Wildman–Crippen MR) is 73.3 cm³/mol. The number of rotatable bonds is 3. The van der Waals surface area contributed by atoms with E-state index in [2.05, 4.69) is 57.9 Å². The summed E-state index contributed by atoms with van der Waals surface area (Å²) in [6.07, 6.45) is 1.95. The van der Waals surface area contributed by atoms with Crippen LogP contribution in [-0.2, 0) is 0 Å². The van der Waals surface area contributed by atoms with Crippen molar-refractivity contribution in [1.29, 1.82) is 0 Å². The Kier molecular flexibility index (Phi) is 4.25. The third-order valence-corrected chi connectivity index (χ3v) is 2.97. The molecule has 0 aliphatic carbocycles. The molecule has 0 saturated carbocycles. The Morgan fingerprint density at radius 3 is 2.38 bits per heavy atom. The Hall–Kier alpha value is -0.700. The minimum Gasteiger partial charge on any atom is -0.368 e. The van der Waals surface area contributed by atoms with Crippen molar-refractivity contribution in [2.24, 2.45) is 0 Å². The van der Waals surface area contributed by atoms with E-state index in [0.29, 0.717) is 6.04 Å². The average Bonchev–Trinajstić information content (AvgIpc) is 2.06. The lowest BCUT2D eigenvalue weighted by Gasteiger charge is -2.18. The van der Waals surface area contributed by atoms with Crippen molar-refractivity contribution >= 4 is 17.6 Å². The molecule has 0 fully saturated rings. The molecule has 0 aliphatic rings. The lowest BCUT2D eigenvalue weighted by molar-refractivity contribution is 0.802. The third-order valence-electron chi connectivity index (χ3n) is 1.90. The van der Waals surface area contributed by atoms with Gasteiger partial charge in [0, 0.05) is 21.9 Å². The summed E-state index contributed by atoms with van der Waals surface area (Å²) in [5.74, 6) is 0.994. The maximum atomic E-state index is 4.47. The first-order valence-electron chi connectivity index (χ1n) is 5.70. The monoisotopic (exact) mass is 238 g/mol. The highest BCUT2D eigenvalue weighted by molar-refractivity contribution is 8.00. The molecule has 0 aliphatic heterocycles. The molecule has 0 atom stereocenters. The van der Waals surface area contributed by atoms with E-state index in [1.54, 1.807) is 0 Å². The van der Waals surface area contributed by atoms with Gasteiger partial charge in [-0.1, -0.05) is 20.8 Å². The van der Waals surface area contributed by atoms with E-state index in [1.807, 2.05) is 18.0 Å². The third kappa shape index (κ3) is 4.44. The topological polar surface area (TPSA) is 24.9 Å². The number of thioether (sulfide) groups is 1. The van der Waals surface area contributed by atoms with Crippen LogP contribution < -0.4 is 5.32 Å². The van der Waals surface area contributed by atoms with Crippen LogP contribution >= 0.6 is 11.8 Å². The smallest absolute Gasteiger partial charge is 0.129 e. The van der Waals surface area contributed by atoms with Crippen LogP contribution in [0.2, 0.25) is 0 Å². The molecule has 2 nitrogen and oxygen atoms in total. The Balaban J connectivity index is 2.83. The van der Waals surface area contributed by atoms with Gasteiger partial charge in [-0.25, -0.2) is 4.98 Å². The van der Waals surface area contributed by atoms with Gasteiger partial charge in [0.1, 0.15) is 5.82 Å². The highest BCUT2D eigenvalue weighted by atomic mass is 32.2. The molecule has 0 radical (unpaired) electrons. The van der Waals surface area contributed by atoms with Crippen LogP contribution in [0.1, 0.15) is 40.2 Å². The number of hydrogen-bond donors (Lipinski definition) is 1. The molecule has 0 aromatic carbocycles. The fourth-order valence-electron chi connectivity index (χ4n) is 1.38. The summed E-state index contributed by atoms with van der Waals surface area (Å²) >= 11 is 1.85. The summed E-state index contributed by atoms with van der Waals surface area (Å²) in [6, 6.07) is 2.63. The molecule has 1 rings (SSSR count). The van der Waals surface area contributed by atoms with Crippen molar-refractivity contribution in [2.45, 2.75) is 57.2 Å². The number of anilines is 1. The molecule has 0 saturated heterocycles. The molecule has 3 heteroatoms. The summed E-state index contributed by atoms with van der Waals surface area (Å²) in [7, 11) is 0. The fraction of sp³-hybridized carbons (Fsp3) is 0.615. The van der Waals surface area contributed by atoms with Crippen LogP contribution in [0.5, 0.6) is 0 Å². The molecule has 1 aromatic heterocycles. The summed E-state index contributed by atoms with van der Waals surface area (Å²) in [5, 5.41) is 3.34. The van der Waals surface area contributed by atoms with Gasteiger partial charge < -0.3 is 5.32 Å². The normalized spacial score (nSPS) is 11.9. The van der Waals surface area contributed by atoms with Gasteiger partial charge in [-0.2, -0.15) is 0 Å². The molecule has 1 aromatic rings. The second kappa shape index (κ2) is 5.09. The zero-order valence-electron chi connectivity index (χ0n) is 11.1. The fourth-order valence-corrected chi connectivity index (χ4v) is 2.43. The first-order valence-corrected chi connectivity index (χ1v) is 6.52. The van der Waals surface area contributed by atoms with Gasteiger partial charge in [-0.15, -0.1) is 11.8 Å².